The molecule has 0 bridgehead atoms. The van der Waals surface area contributed by atoms with E-state index in [4.69, 9.17) is 9.47 Å². The van der Waals surface area contributed by atoms with Crippen molar-refractivity contribution in [2.75, 3.05) is 19.0 Å². The van der Waals surface area contributed by atoms with E-state index in [0.717, 1.165) is 17.1 Å². The van der Waals surface area contributed by atoms with Crippen molar-refractivity contribution >= 4 is 28.6 Å². The van der Waals surface area contributed by atoms with Crippen molar-refractivity contribution in [2.45, 2.75) is 0 Å². The Morgan fingerprint density at radius 3 is 2.85 bits per heavy atom. The number of fused-ring (bicyclic) bond motifs is 1. The molecule has 1 aliphatic rings. The average molecular weight is 383 g/mol. The zero-order valence-electron chi connectivity index (χ0n) is 14.2. The number of benzene rings is 2. The molecule has 0 spiro atoms. The molecule has 2 heterocycles. The van der Waals surface area contributed by atoms with Gasteiger partial charge in [0.25, 0.3) is 5.91 Å². The highest BCUT2D eigenvalue weighted by molar-refractivity contribution is 7.10. The van der Waals surface area contributed by atoms with E-state index in [-0.39, 0.29) is 18.3 Å². The number of aromatic nitrogens is 2. The van der Waals surface area contributed by atoms with Crippen LogP contribution < -0.4 is 14.8 Å². The van der Waals surface area contributed by atoms with Crippen LogP contribution in [0.5, 0.6) is 11.5 Å². The zero-order valence-corrected chi connectivity index (χ0v) is 15.0. The van der Waals surface area contributed by atoms with E-state index in [1.165, 1.54) is 12.1 Å². The third-order valence-corrected chi connectivity index (χ3v) is 4.60. The molecule has 6 nitrogen and oxygen atoms in total. The first kappa shape index (κ1) is 17.2. The lowest BCUT2D eigenvalue weighted by molar-refractivity contribution is -0.113. The number of ether oxygens (including phenoxy) is 2. The molecule has 8 heteroatoms. The molecule has 0 atom stereocenters. The van der Waals surface area contributed by atoms with Crippen LogP contribution in [-0.2, 0) is 4.79 Å². The lowest BCUT2D eigenvalue weighted by Crippen LogP contribution is -2.21. The summed E-state index contributed by atoms with van der Waals surface area (Å²) in [7, 11) is 1.58. The Kier molecular flexibility index (Phi) is 4.55. The Labute approximate surface area is 158 Å². The summed E-state index contributed by atoms with van der Waals surface area (Å²) in [6, 6.07) is 11.3. The number of hydrogen-bond donors (Lipinski definition) is 1. The second-order valence-corrected chi connectivity index (χ2v) is 6.50. The molecular weight excluding hydrogens is 369 g/mol. The molecule has 1 aromatic heterocycles. The maximum absolute atomic E-state index is 13.0. The van der Waals surface area contributed by atoms with Crippen molar-refractivity contribution < 1.29 is 18.7 Å². The predicted molar refractivity (Wildman–Crippen MR) is 100 cm³/mol. The molecule has 0 aliphatic carbocycles. The van der Waals surface area contributed by atoms with Crippen LogP contribution >= 0.6 is 11.5 Å². The first-order valence-electron chi connectivity index (χ1n) is 8.05. The van der Waals surface area contributed by atoms with Gasteiger partial charge in [0.1, 0.15) is 23.9 Å². The second kappa shape index (κ2) is 7.16. The minimum absolute atomic E-state index is 0.148. The smallest absolute Gasteiger partial charge is 0.256 e. The third kappa shape index (κ3) is 3.65. The molecular formula is C19H14FN3O3S. The van der Waals surface area contributed by atoms with Crippen LogP contribution in [0.1, 0.15) is 5.56 Å². The van der Waals surface area contributed by atoms with Gasteiger partial charge in [-0.05, 0) is 42.5 Å². The van der Waals surface area contributed by atoms with E-state index in [1.807, 2.05) is 6.07 Å². The normalized spacial score (nSPS) is 12.6. The number of methoxy groups -OCH3 is 1. The van der Waals surface area contributed by atoms with Crippen LogP contribution in [0.3, 0.4) is 0 Å². The van der Waals surface area contributed by atoms with Gasteiger partial charge in [-0.25, -0.2) is 4.39 Å². The molecule has 1 N–H and O–H groups in total. The lowest BCUT2D eigenvalue weighted by atomic mass is 10.1. The molecule has 4 rings (SSSR count). The Morgan fingerprint density at radius 1 is 1.26 bits per heavy atom. The van der Waals surface area contributed by atoms with Gasteiger partial charge in [-0.15, -0.1) is 0 Å². The van der Waals surface area contributed by atoms with Crippen LogP contribution in [0.4, 0.5) is 9.52 Å². The van der Waals surface area contributed by atoms with Gasteiger partial charge in [0.15, 0.2) is 5.82 Å². The third-order valence-electron chi connectivity index (χ3n) is 3.97. The van der Waals surface area contributed by atoms with E-state index in [9.17, 15) is 9.18 Å². The van der Waals surface area contributed by atoms with Crippen LogP contribution in [0.15, 0.2) is 48.0 Å². The largest absolute Gasteiger partial charge is 0.497 e. The van der Waals surface area contributed by atoms with E-state index >= 15 is 0 Å². The number of nitrogens with zero attached hydrogens (tertiary/aromatic N) is 2. The highest BCUT2D eigenvalue weighted by atomic mass is 32.1. The summed E-state index contributed by atoms with van der Waals surface area (Å²) < 4.78 is 28.0. The van der Waals surface area contributed by atoms with Crippen molar-refractivity contribution in [1.29, 1.82) is 0 Å². The predicted octanol–water partition coefficient (Wildman–Crippen LogP) is 3.77. The van der Waals surface area contributed by atoms with Crippen molar-refractivity contribution in [3.05, 3.63) is 59.4 Å². The number of carbonyl (C=O) groups is 1. The molecule has 27 heavy (non-hydrogen) atoms. The molecule has 0 saturated carbocycles. The fourth-order valence-electron chi connectivity index (χ4n) is 2.57. The number of nitrogens with one attached hydrogen (secondary N) is 1. The highest BCUT2D eigenvalue weighted by Gasteiger charge is 2.19. The summed E-state index contributed by atoms with van der Waals surface area (Å²) in [5.41, 5.74) is 1.96. The van der Waals surface area contributed by atoms with E-state index in [0.29, 0.717) is 33.6 Å². The minimum atomic E-state index is -0.329. The monoisotopic (exact) mass is 383 g/mol. The van der Waals surface area contributed by atoms with Gasteiger partial charge in [-0.1, -0.05) is 0 Å². The summed E-state index contributed by atoms with van der Waals surface area (Å²) in [6.07, 6.45) is 1.77. The number of hydrogen-bond acceptors (Lipinski definition) is 6. The zero-order chi connectivity index (χ0) is 18.8. The van der Waals surface area contributed by atoms with Crippen molar-refractivity contribution in [2.24, 2.45) is 0 Å². The molecule has 0 saturated heterocycles. The molecule has 0 radical (unpaired) electrons. The Balaban J connectivity index is 1.49. The maximum Gasteiger partial charge on any atom is 0.256 e. The number of carbonyl (C=O) groups excluding carboxylic acids is 1. The standard InChI is InChI=1S/C19H14FN3O3S/c1-25-15-7-4-12-8-13(10-26-16(12)9-15)18(24)22-19-21-17(23-27-19)11-2-5-14(20)6-3-11/h2-9H,10H2,1H3,(H,21,22,23,24). The summed E-state index contributed by atoms with van der Waals surface area (Å²) in [4.78, 5) is 16.8. The molecule has 2 aromatic carbocycles. The van der Waals surface area contributed by atoms with Gasteiger partial charge in [0.2, 0.25) is 5.13 Å². The summed E-state index contributed by atoms with van der Waals surface area (Å²) in [5, 5.41) is 3.09. The molecule has 0 fully saturated rings. The second-order valence-electron chi connectivity index (χ2n) is 5.75. The number of halogens is 1. The van der Waals surface area contributed by atoms with Crippen LogP contribution in [-0.4, -0.2) is 29.0 Å². The lowest BCUT2D eigenvalue weighted by Gasteiger charge is -2.17. The number of rotatable bonds is 4. The van der Waals surface area contributed by atoms with Gasteiger partial charge in [-0.2, -0.15) is 9.36 Å². The Bertz CT molecular complexity index is 1030. The van der Waals surface area contributed by atoms with Gasteiger partial charge >= 0.3 is 0 Å². The molecule has 0 unspecified atom stereocenters. The van der Waals surface area contributed by atoms with Gasteiger partial charge in [0, 0.05) is 28.7 Å². The average Bonchev–Trinajstić information content (AvgIpc) is 3.16. The van der Waals surface area contributed by atoms with Crippen LogP contribution in [0.25, 0.3) is 17.5 Å². The molecule has 136 valence electrons. The van der Waals surface area contributed by atoms with E-state index in [1.54, 1.807) is 37.5 Å². The number of amides is 1. The molecule has 3 aromatic rings. The van der Waals surface area contributed by atoms with Crippen molar-refractivity contribution in [3.63, 3.8) is 0 Å². The SMILES string of the molecule is COc1ccc2c(c1)OCC(C(=O)Nc1nc(-c3ccc(F)cc3)ns1)=C2. The number of anilines is 1. The van der Waals surface area contributed by atoms with E-state index < -0.39 is 0 Å². The summed E-state index contributed by atoms with van der Waals surface area (Å²) in [5.74, 6) is 1.15. The quantitative estimate of drug-likeness (QED) is 0.742. The molecule has 1 aliphatic heterocycles. The Morgan fingerprint density at radius 2 is 2.07 bits per heavy atom. The molecule has 1 amide bonds. The van der Waals surface area contributed by atoms with Crippen molar-refractivity contribution in [3.8, 4) is 22.9 Å². The first-order valence-corrected chi connectivity index (χ1v) is 8.82. The minimum Gasteiger partial charge on any atom is -0.497 e. The van der Waals surface area contributed by atoms with Crippen LogP contribution in [0, 0.1) is 5.82 Å². The van der Waals surface area contributed by atoms with Crippen molar-refractivity contribution in [1.82, 2.24) is 9.36 Å². The van der Waals surface area contributed by atoms with Gasteiger partial charge in [0.05, 0.1) is 12.7 Å². The highest BCUT2D eigenvalue weighted by Crippen LogP contribution is 2.30. The Hall–Kier alpha value is -3.26. The van der Waals surface area contributed by atoms with Crippen LogP contribution in [0.2, 0.25) is 0 Å². The summed E-state index contributed by atoms with van der Waals surface area (Å²) >= 11 is 1.06. The van der Waals surface area contributed by atoms with E-state index in [2.05, 4.69) is 14.7 Å². The van der Waals surface area contributed by atoms with Gasteiger partial charge in [-0.3, -0.25) is 10.1 Å². The fourth-order valence-corrected chi connectivity index (χ4v) is 3.15. The topological polar surface area (TPSA) is 73.3 Å². The summed E-state index contributed by atoms with van der Waals surface area (Å²) in [6.45, 7) is 0.148. The first-order chi connectivity index (χ1) is 13.1. The fraction of sp³-hybridized carbons (Fsp3) is 0.105. The maximum atomic E-state index is 13.0. The van der Waals surface area contributed by atoms with Gasteiger partial charge < -0.3 is 9.47 Å².